The Morgan fingerprint density at radius 2 is 2.03 bits per heavy atom. The van der Waals surface area contributed by atoms with Gasteiger partial charge in [-0.25, -0.2) is 4.39 Å². The molecule has 2 unspecified atom stereocenters. The van der Waals surface area contributed by atoms with Crippen molar-refractivity contribution in [3.8, 4) is 11.5 Å². The number of amides is 2. The Balaban J connectivity index is 1.40. The number of rotatable bonds is 6. The Kier molecular flexibility index (Phi) is 5.59. The van der Waals surface area contributed by atoms with Gasteiger partial charge in [-0.3, -0.25) is 9.59 Å². The van der Waals surface area contributed by atoms with Crippen molar-refractivity contribution < 1.29 is 23.5 Å². The molecule has 2 aromatic carbocycles. The van der Waals surface area contributed by atoms with Crippen LogP contribution in [0.3, 0.4) is 0 Å². The van der Waals surface area contributed by atoms with Crippen LogP contribution in [0.5, 0.6) is 11.5 Å². The quantitative estimate of drug-likeness (QED) is 0.787. The first-order valence-corrected chi connectivity index (χ1v) is 9.82. The highest BCUT2D eigenvalue weighted by Crippen LogP contribution is 2.37. The molecule has 8 heteroatoms. The van der Waals surface area contributed by atoms with E-state index in [1.165, 1.54) is 12.1 Å². The first kappa shape index (κ1) is 20.2. The van der Waals surface area contributed by atoms with Gasteiger partial charge in [-0.05, 0) is 43.9 Å². The molecule has 0 radical (unpaired) electrons. The number of halogens is 1. The van der Waals surface area contributed by atoms with Gasteiger partial charge in [-0.1, -0.05) is 12.1 Å². The van der Waals surface area contributed by atoms with Crippen molar-refractivity contribution >= 4 is 17.5 Å². The maximum atomic E-state index is 13.6. The zero-order valence-electron chi connectivity index (χ0n) is 16.9. The lowest BCUT2D eigenvalue weighted by molar-refractivity contribution is -0.126. The fourth-order valence-electron chi connectivity index (χ4n) is 3.84. The number of ether oxygens (including phenoxy) is 2. The third-order valence-electron chi connectivity index (χ3n) is 5.49. The minimum atomic E-state index is -0.446. The highest BCUT2D eigenvalue weighted by atomic mass is 19.1. The van der Waals surface area contributed by atoms with Gasteiger partial charge in [-0.15, -0.1) is 0 Å². The Labute approximate surface area is 174 Å². The van der Waals surface area contributed by atoms with Crippen LogP contribution in [0.1, 0.15) is 18.0 Å². The van der Waals surface area contributed by atoms with E-state index in [4.69, 9.17) is 9.47 Å². The molecular formula is C22H24FN3O4. The molecule has 2 aliphatic heterocycles. The molecule has 7 nitrogen and oxygen atoms in total. The van der Waals surface area contributed by atoms with Crippen LogP contribution < -0.4 is 19.7 Å². The van der Waals surface area contributed by atoms with E-state index in [-0.39, 0.29) is 36.9 Å². The second-order valence-electron chi connectivity index (χ2n) is 7.72. The van der Waals surface area contributed by atoms with Crippen LogP contribution >= 0.6 is 0 Å². The van der Waals surface area contributed by atoms with Crippen molar-refractivity contribution in [2.75, 3.05) is 38.9 Å². The molecule has 4 rings (SSSR count). The van der Waals surface area contributed by atoms with Gasteiger partial charge in [0.2, 0.25) is 18.6 Å². The van der Waals surface area contributed by atoms with E-state index >= 15 is 0 Å². The van der Waals surface area contributed by atoms with Crippen LogP contribution in [0.25, 0.3) is 0 Å². The monoisotopic (exact) mass is 413 g/mol. The average Bonchev–Trinajstić information content (AvgIpc) is 3.33. The summed E-state index contributed by atoms with van der Waals surface area (Å²) in [5.74, 6) is 0.187. The van der Waals surface area contributed by atoms with Gasteiger partial charge in [0, 0.05) is 31.3 Å². The minimum absolute atomic E-state index is 0.108. The van der Waals surface area contributed by atoms with Crippen LogP contribution in [0.2, 0.25) is 0 Å². The zero-order chi connectivity index (χ0) is 21.3. The van der Waals surface area contributed by atoms with Gasteiger partial charge in [0.05, 0.1) is 12.0 Å². The van der Waals surface area contributed by atoms with E-state index in [9.17, 15) is 14.0 Å². The summed E-state index contributed by atoms with van der Waals surface area (Å²) in [6.07, 6.45) is 0.146. The van der Waals surface area contributed by atoms with E-state index in [0.717, 1.165) is 5.56 Å². The summed E-state index contributed by atoms with van der Waals surface area (Å²) in [6, 6.07) is 11.5. The summed E-state index contributed by atoms with van der Waals surface area (Å²) < 4.78 is 24.3. The fraction of sp³-hybridized carbons (Fsp3) is 0.364. The van der Waals surface area contributed by atoms with Gasteiger partial charge in [-0.2, -0.15) is 0 Å². The zero-order valence-corrected chi connectivity index (χ0v) is 16.9. The molecule has 30 heavy (non-hydrogen) atoms. The van der Waals surface area contributed by atoms with Crippen LogP contribution in [-0.2, 0) is 9.59 Å². The summed E-state index contributed by atoms with van der Waals surface area (Å²) in [4.78, 5) is 28.8. The summed E-state index contributed by atoms with van der Waals surface area (Å²) in [5, 5.41) is 2.93. The molecule has 1 saturated heterocycles. The highest BCUT2D eigenvalue weighted by molar-refractivity contribution is 6.00. The number of anilines is 1. The molecule has 1 N–H and O–H groups in total. The molecule has 0 saturated carbocycles. The fourth-order valence-corrected chi connectivity index (χ4v) is 3.84. The van der Waals surface area contributed by atoms with Gasteiger partial charge in [0.15, 0.2) is 11.5 Å². The second kappa shape index (κ2) is 8.31. The molecule has 2 amide bonds. The van der Waals surface area contributed by atoms with Gasteiger partial charge >= 0.3 is 0 Å². The molecular weight excluding hydrogens is 389 g/mol. The maximum Gasteiger partial charge on any atom is 0.231 e. The predicted molar refractivity (Wildman–Crippen MR) is 109 cm³/mol. The second-order valence-corrected chi connectivity index (χ2v) is 7.72. The molecule has 158 valence electrons. The number of hydrogen-bond donors (Lipinski definition) is 1. The van der Waals surface area contributed by atoms with Gasteiger partial charge in [0.25, 0.3) is 0 Å². The number of carbonyl (C=O) groups excluding carboxylic acids is 2. The summed E-state index contributed by atoms with van der Waals surface area (Å²) in [5.41, 5.74) is 1.47. The predicted octanol–water partition coefficient (Wildman–Crippen LogP) is 2.33. The average molecular weight is 413 g/mol. The lowest BCUT2D eigenvalue weighted by Gasteiger charge is -2.25. The first-order valence-electron chi connectivity index (χ1n) is 9.82. The maximum absolute atomic E-state index is 13.6. The summed E-state index contributed by atoms with van der Waals surface area (Å²) in [7, 11) is 3.75. The molecule has 0 aliphatic carbocycles. The number of benzene rings is 2. The number of fused-ring (bicyclic) bond motifs is 1. The molecule has 0 aromatic heterocycles. The van der Waals surface area contributed by atoms with E-state index in [1.807, 2.05) is 25.1 Å². The Hall–Kier alpha value is -3.13. The number of likely N-dealkylation sites (N-methyl/N-ethyl adjacent to an activating group) is 1. The number of nitrogens with one attached hydrogen (secondary N) is 1. The third-order valence-corrected chi connectivity index (χ3v) is 5.49. The van der Waals surface area contributed by atoms with E-state index in [2.05, 4.69) is 5.32 Å². The standard InChI is InChI=1S/C22H24FN3O4/c1-25(2)18(14-4-3-5-16(23)8-14)11-24-22(28)15-9-21(27)26(12-15)17-6-7-19-20(10-17)30-13-29-19/h3-8,10,15,18H,9,11-13H2,1-2H3,(H,24,28). The van der Waals surface area contributed by atoms with Gasteiger partial charge in [0.1, 0.15) is 5.82 Å². The molecule has 2 atom stereocenters. The normalized spacial score (nSPS) is 18.7. The van der Waals surface area contributed by atoms with E-state index in [0.29, 0.717) is 30.3 Å². The lowest BCUT2D eigenvalue weighted by atomic mass is 10.0. The smallest absolute Gasteiger partial charge is 0.231 e. The molecule has 0 spiro atoms. The number of nitrogens with zero attached hydrogens (tertiary/aromatic N) is 2. The SMILES string of the molecule is CN(C)C(CNC(=O)C1CC(=O)N(c2ccc3c(c2)OCO3)C1)c1cccc(F)c1. The lowest BCUT2D eigenvalue weighted by Crippen LogP contribution is -2.38. The Bertz CT molecular complexity index is 965. The van der Waals surface area contributed by atoms with E-state index in [1.54, 1.807) is 29.2 Å². The summed E-state index contributed by atoms with van der Waals surface area (Å²) in [6.45, 7) is 0.789. The topological polar surface area (TPSA) is 71.1 Å². The highest BCUT2D eigenvalue weighted by Gasteiger charge is 2.36. The Morgan fingerprint density at radius 3 is 2.80 bits per heavy atom. The van der Waals surface area contributed by atoms with Crippen LogP contribution in [0.15, 0.2) is 42.5 Å². The van der Waals surface area contributed by atoms with E-state index < -0.39 is 5.92 Å². The third kappa shape index (κ3) is 4.09. The largest absolute Gasteiger partial charge is 0.454 e. The number of hydrogen-bond acceptors (Lipinski definition) is 5. The first-order chi connectivity index (χ1) is 14.4. The van der Waals surface area contributed by atoms with Crippen LogP contribution in [0.4, 0.5) is 10.1 Å². The van der Waals surface area contributed by atoms with Crippen molar-refractivity contribution in [3.63, 3.8) is 0 Å². The molecule has 2 heterocycles. The molecule has 0 bridgehead atoms. The molecule has 2 aromatic rings. The molecule has 1 fully saturated rings. The Morgan fingerprint density at radius 1 is 1.23 bits per heavy atom. The molecule has 2 aliphatic rings. The van der Waals surface area contributed by atoms with Crippen LogP contribution in [-0.4, -0.2) is 50.7 Å². The van der Waals surface area contributed by atoms with Crippen LogP contribution in [0, 0.1) is 11.7 Å². The summed E-state index contributed by atoms with van der Waals surface area (Å²) >= 11 is 0. The van der Waals surface area contributed by atoms with Crippen molar-refractivity contribution in [1.29, 1.82) is 0 Å². The van der Waals surface area contributed by atoms with Crippen molar-refractivity contribution in [3.05, 3.63) is 53.8 Å². The van der Waals surface area contributed by atoms with Crippen molar-refractivity contribution in [1.82, 2.24) is 10.2 Å². The van der Waals surface area contributed by atoms with Crippen molar-refractivity contribution in [2.24, 2.45) is 5.92 Å². The van der Waals surface area contributed by atoms with Gasteiger partial charge < -0.3 is 24.6 Å². The number of carbonyl (C=O) groups is 2. The minimum Gasteiger partial charge on any atom is -0.454 e. The van der Waals surface area contributed by atoms with Crippen molar-refractivity contribution in [2.45, 2.75) is 12.5 Å².